The number of piperazine rings is 1. The maximum atomic E-state index is 11.9. The number of nitrogens with zero attached hydrogens (tertiary/aromatic N) is 6. The monoisotopic (exact) mass is 536 g/mol. The number of thioether (sulfide) groups is 1. The summed E-state index contributed by atoms with van der Waals surface area (Å²) in [5.74, 6) is 1.44. The van der Waals surface area contributed by atoms with Crippen LogP contribution in [0.3, 0.4) is 0 Å². The zero-order valence-electron chi connectivity index (χ0n) is 22.4. The lowest BCUT2D eigenvalue weighted by Crippen LogP contribution is -2.60. The van der Waals surface area contributed by atoms with Crippen LogP contribution in [0.1, 0.15) is 25.2 Å². The van der Waals surface area contributed by atoms with Crippen LogP contribution < -0.4 is 10.6 Å². The molecule has 0 aromatic carbocycles. The van der Waals surface area contributed by atoms with Gasteiger partial charge in [-0.2, -0.15) is 0 Å². The molecule has 3 aromatic rings. The lowest BCUT2D eigenvalue weighted by Gasteiger charge is -2.42. The highest BCUT2D eigenvalue weighted by Gasteiger charge is 2.37. The summed E-state index contributed by atoms with van der Waals surface area (Å²) in [7, 11) is 0. The van der Waals surface area contributed by atoms with Crippen LogP contribution in [0, 0.1) is 6.92 Å². The number of primary amides is 1. The third-order valence-electron chi connectivity index (χ3n) is 8.06. The van der Waals surface area contributed by atoms with Gasteiger partial charge in [0.2, 0.25) is 5.91 Å². The first kappa shape index (κ1) is 25.5. The van der Waals surface area contributed by atoms with Gasteiger partial charge in [0.05, 0.1) is 29.3 Å². The van der Waals surface area contributed by atoms with Gasteiger partial charge in [-0.05, 0) is 32.9 Å². The Kier molecular flexibility index (Phi) is 6.79. The van der Waals surface area contributed by atoms with Gasteiger partial charge in [-0.1, -0.05) is 0 Å². The number of aryl methyl sites for hydroxylation is 1. The fourth-order valence-electron chi connectivity index (χ4n) is 5.67. The molecule has 3 aromatic heterocycles. The van der Waals surface area contributed by atoms with Crippen LogP contribution in [0.25, 0.3) is 22.4 Å². The van der Waals surface area contributed by atoms with Crippen molar-refractivity contribution in [1.82, 2.24) is 29.7 Å². The average molecular weight is 537 g/mol. The molecule has 3 aliphatic heterocycles. The predicted octanol–water partition coefficient (Wildman–Crippen LogP) is 2.06. The molecule has 1 atom stereocenters. The molecule has 6 rings (SSSR count). The summed E-state index contributed by atoms with van der Waals surface area (Å²) >= 11 is 1.91. The van der Waals surface area contributed by atoms with Gasteiger partial charge < -0.3 is 20.4 Å². The van der Waals surface area contributed by atoms with Crippen LogP contribution in [0.4, 0.5) is 5.82 Å². The van der Waals surface area contributed by atoms with Crippen molar-refractivity contribution in [1.29, 1.82) is 0 Å². The lowest BCUT2D eigenvalue weighted by atomic mass is 10.0. The number of hydrogen-bond acceptors (Lipinski definition) is 9. The molecular weight excluding hydrogens is 500 g/mol. The molecule has 10 nitrogen and oxygen atoms in total. The minimum Gasteiger partial charge on any atom is -0.378 e. The highest BCUT2D eigenvalue weighted by molar-refractivity contribution is 8.00. The zero-order chi connectivity index (χ0) is 26.4. The van der Waals surface area contributed by atoms with Crippen molar-refractivity contribution in [3.8, 4) is 11.5 Å². The van der Waals surface area contributed by atoms with Crippen LogP contribution in [-0.4, -0.2) is 105 Å². The third kappa shape index (κ3) is 4.76. The second kappa shape index (κ2) is 10.1. The number of nitrogens with one attached hydrogen (secondary N) is 1. The Labute approximate surface area is 227 Å². The second-order valence-electron chi connectivity index (χ2n) is 11.0. The molecule has 11 heteroatoms. The van der Waals surface area contributed by atoms with Crippen molar-refractivity contribution < 1.29 is 9.53 Å². The summed E-state index contributed by atoms with van der Waals surface area (Å²) in [4.78, 5) is 38.5. The number of amides is 1. The number of H-pyrrole nitrogens is 1. The minimum atomic E-state index is -0.613. The molecule has 3 aliphatic rings. The quantitative estimate of drug-likeness (QED) is 0.488. The number of carbonyl (C=O) groups is 1. The summed E-state index contributed by atoms with van der Waals surface area (Å²) in [5.41, 5.74) is 9.13. The average Bonchev–Trinajstić information content (AvgIpc) is 3.50. The fraction of sp³-hybridized carbons (Fsp3) is 0.556. The largest absolute Gasteiger partial charge is 0.378 e. The van der Waals surface area contributed by atoms with E-state index in [1.165, 1.54) is 4.90 Å². The van der Waals surface area contributed by atoms with Gasteiger partial charge in [-0.25, -0.2) is 9.97 Å². The van der Waals surface area contributed by atoms with Gasteiger partial charge in [0, 0.05) is 80.3 Å². The van der Waals surface area contributed by atoms with Crippen LogP contribution >= 0.6 is 11.8 Å². The summed E-state index contributed by atoms with van der Waals surface area (Å²) in [5, 5.41) is 1.46. The Balaban J connectivity index is 1.25. The van der Waals surface area contributed by atoms with Crippen molar-refractivity contribution in [2.24, 2.45) is 5.73 Å². The second-order valence-corrected chi connectivity index (χ2v) is 12.3. The number of aromatic nitrogens is 4. The van der Waals surface area contributed by atoms with Gasteiger partial charge in [0.1, 0.15) is 11.5 Å². The summed E-state index contributed by atoms with van der Waals surface area (Å²) < 4.78 is 5.64. The van der Waals surface area contributed by atoms with E-state index in [-0.39, 0.29) is 5.91 Å². The SMILES string of the molecule is Cc1cc2c(-c3nc4c(c(N5CCOCC5)n3)SC(CN3CCN(C(C)(C)C(N)=O)CC3)C4)nccc2[nH]1. The topological polar surface area (TPSA) is 116 Å². The fourth-order valence-corrected chi connectivity index (χ4v) is 7.07. The van der Waals surface area contributed by atoms with Crippen molar-refractivity contribution in [2.45, 2.75) is 42.9 Å². The van der Waals surface area contributed by atoms with Crippen LogP contribution in [0.2, 0.25) is 0 Å². The Morgan fingerprint density at radius 2 is 1.95 bits per heavy atom. The summed E-state index contributed by atoms with van der Waals surface area (Å²) in [6.07, 6.45) is 2.73. The molecule has 1 unspecified atom stereocenters. The van der Waals surface area contributed by atoms with Gasteiger partial charge >= 0.3 is 0 Å². The summed E-state index contributed by atoms with van der Waals surface area (Å²) in [6.45, 7) is 13.5. The Bertz CT molecular complexity index is 1340. The Hall–Kier alpha value is -2.73. The molecule has 1 amide bonds. The molecule has 0 aliphatic carbocycles. The smallest absolute Gasteiger partial charge is 0.237 e. The van der Waals surface area contributed by atoms with Crippen LogP contribution in [-0.2, 0) is 16.0 Å². The molecule has 202 valence electrons. The predicted molar refractivity (Wildman–Crippen MR) is 150 cm³/mol. The zero-order valence-corrected chi connectivity index (χ0v) is 23.2. The van der Waals surface area contributed by atoms with E-state index in [9.17, 15) is 4.79 Å². The molecule has 6 heterocycles. The van der Waals surface area contributed by atoms with E-state index in [0.717, 1.165) is 86.0 Å². The van der Waals surface area contributed by atoms with E-state index in [0.29, 0.717) is 24.3 Å². The summed E-state index contributed by atoms with van der Waals surface area (Å²) in [6, 6.07) is 4.12. The van der Waals surface area contributed by atoms with Gasteiger partial charge in [0.15, 0.2) is 5.82 Å². The number of carbonyl (C=O) groups excluding carboxylic acids is 1. The number of ether oxygens (including phenoxy) is 1. The van der Waals surface area contributed by atoms with E-state index >= 15 is 0 Å². The first-order valence-electron chi connectivity index (χ1n) is 13.4. The van der Waals surface area contributed by atoms with Crippen molar-refractivity contribution >= 4 is 34.4 Å². The molecule has 0 radical (unpaired) electrons. The number of hydrogen-bond donors (Lipinski definition) is 2. The van der Waals surface area contributed by atoms with Crippen molar-refractivity contribution in [2.75, 3.05) is 63.9 Å². The first-order valence-corrected chi connectivity index (χ1v) is 14.3. The first-order chi connectivity index (χ1) is 18.3. The molecule has 38 heavy (non-hydrogen) atoms. The van der Waals surface area contributed by atoms with Crippen LogP contribution in [0.15, 0.2) is 23.2 Å². The van der Waals surface area contributed by atoms with Gasteiger partial charge in [-0.15, -0.1) is 11.8 Å². The normalized spacial score (nSPS) is 21.2. The molecule has 2 fully saturated rings. The highest BCUT2D eigenvalue weighted by atomic mass is 32.2. The molecular formula is C27H36N8O2S. The number of anilines is 1. The van der Waals surface area contributed by atoms with Crippen molar-refractivity contribution in [3.05, 3.63) is 29.7 Å². The number of nitrogens with two attached hydrogens (primary N) is 1. The van der Waals surface area contributed by atoms with E-state index < -0.39 is 5.54 Å². The highest BCUT2D eigenvalue weighted by Crippen LogP contribution is 2.43. The Morgan fingerprint density at radius 1 is 1.18 bits per heavy atom. The minimum absolute atomic E-state index is 0.266. The van der Waals surface area contributed by atoms with Crippen LogP contribution in [0.5, 0.6) is 0 Å². The third-order valence-corrected chi connectivity index (χ3v) is 9.36. The van der Waals surface area contributed by atoms with Crippen molar-refractivity contribution in [3.63, 3.8) is 0 Å². The lowest BCUT2D eigenvalue weighted by molar-refractivity contribution is -0.129. The Morgan fingerprint density at radius 3 is 2.68 bits per heavy atom. The number of aromatic amines is 1. The van der Waals surface area contributed by atoms with E-state index in [1.807, 2.05) is 37.9 Å². The number of pyridine rings is 1. The van der Waals surface area contributed by atoms with Gasteiger partial charge in [0.25, 0.3) is 0 Å². The number of morpholine rings is 1. The molecule has 0 saturated carbocycles. The molecule has 2 saturated heterocycles. The maximum absolute atomic E-state index is 11.9. The van der Waals surface area contributed by atoms with Gasteiger partial charge in [-0.3, -0.25) is 19.6 Å². The molecule has 3 N–H and O–H groups in total. The number of rotatable bonds is 6. The van der Waals surface area contributed by atoms with E-state index in [1.54, 1.807) is 0 Å². The maximum Gasteiger partial charge on any atom is 0.237 e. The molecule has 0 bridgehead atoms. The van der Waals surface area contributed by atoms with E-state index in [2.05, 4.69) is 32.7 Å². The number of fused-ring (bicyclic) bond motifs is 2. The standard InChI is InChI=1S/C27H36N8O2S/c1-17-14-19-20(30-17)4-5-29-22(19)24-31-21-15-18(38-23(21)25(32-24)34-10-12-37-13-11-34)16-33-6-8-35(9-7-33)27(2,3)26(28)36/h4-5,14,18,30H,6-13,15-16H2,1-3H3,(H2,28,36). The molecule has 0 spiro atoms. The van der Waals surface area contributed by atoms with E-state index in [4.69, 9.17) is 25.4 Å².